The van der Waals surface area contributed by atoms with Gasteiger partial charge in [-0.15, -0.1) is 0 Å². The van der Waals surface area contributed by atoms with Crippen LogP contribution in [0.3, 0.4) is 0 Å². The molecule has 24 heavy (non-hydrogen) atoms. The molecule has 1 aliphatic rings. The first-order chi connectivity index (χ1) is 11.6. The van der Waals surface area contributed by atoms with Crippen LogP contribution in [0.15, 0.2) is 30.3 Å². The van der Waals surface area contributed by atoms with Crippen LogP contribution < -0.4 is 10.6 Å². The van der Waals surface area contributed by atoms with Crippen LogP contribution in [0, 0.1) is 13.8 Å². The number of ether oxygens (including phenoxy) is 1. The van der Waals surface area contributed by atoms with Crippen molar-refractivity contribution in [3.05, 3.63) is 47.3 Å². The third-order valence-electron chi connectivity index (χ3n) is 4.38. The van der Waals surface area contributed by atoms with Gasteiger partial charge in [-0.25, -0.2) is 4.68 Å². The van der Waals surface area contributed by atoms with Crippen molar-refractivity contribution < 1.29 is 4.74 Å². The fourth-order valence-corrected chi connectivity index (χ4v) is 3.15. The minimum Gasteiger partial charge on any atom is -0.376 e. The van der Waals surface area contributed by atoms with Gasteiger partial charge in [0.2, 0.25) is 0 Å². The average Bonchev–Trinajstić information content (AvgIpc) is 3.21. The summed E-state index contributed by atoms with van der Waals surface area (Å²) in [5.74, 6) is 0. The Hall–Kier alpha value is -1.92. The van der Waals surface area contributed by atoms with Crippen molar-refractivity contribution in [2.75, 3.05) is 13.2 Å². The Morgan fingerprint density at radius 1 is 1.29 bits per heavy atom. The molecule has 1 aromatic carbocycles. The van der Waals surface area contributed by atoms with Gasteiger partial charge in [-0.3, -0.25) is 0 Å². The second-order valence-electron chi connectivity index (χ2n) is 6.10. The maximum absolute atomic E-state index is 5.59. The lowest BCUT2D eigenvalue weighted by Gasteiger charge is -2.14. The monoisotopic (exact) mass is 344 g/mol. The van der Waals surface area contributed by atoms with Crippen LogP contribution in [0.2, 0.25) is 0 Å². The van der Waals surface area contributed by atoms with E-state index < -0.39 is 0 Å². The van der Waals surface area contributed by atoms with E-state index in [1.54, 1.807) is 0 Å². The Kier molecular flexibility index (Phi) is 5.48. The molecule has 1 saturated heterocycles. The summed E-state index contributed by atoms with van der Waals surface area (Å²) in [7, 11) is 0. The van der Waals surface area contributed by atoms with Gasteiger partial charge in [-0.05, 0) is 51.0 Å². The van der Waals surface area contributed by atoms with E-state index in [0.717, 1.165) is 43.1 Å². The molecule has 0 unspecified atom stereocenters. The molecule has 0 aliphatic carbocycles. The zero-order valence-corrected chi connectivity index (χ0v) is 15.0. The number of aromatic nitrogens is 2. The molecule has 1 aromatic heterocycles. The molecule has 0 spiro atoms. The first-order valence-corrected chi connectivity index (χ1v) is 8.80. The van der Waals surface area contributed by atoms with Gasteiger partial charge in [0, 0.05) is 31.0 Å². The smallest absolute Gasteiger partial charge is 0.166 e. The van der Waals surface area contributed by atoms with E-state index in [1.807, 2.05) is 29.8 Å². The third-order valence-corrected chi connectivity index (χ3v) is 4.67. The van der Waals surface area contributed by atoms with Gasteiger partial charge in [0.15, 0.2) is 5.11 Å². The Morgan fingerprint density at radius 2 is 2.08 bits per heavy atom. The lowest BCUT2D eigenvalue weighted by Crippen LogP contribution is -2.39. The lowest BCUT2D eigenvalue weighted by molar-refractivity contribution is 0.114. The van der Waals surface area contributed by atoms with E-state index in [0.29, 0.717) is 11.7 Å². The van der Waals surface area contributed by atoms with E-state index in [4.69, 9.17) is 17.0 Å². The zero-order valence-electron chi connectivity index (χ0n) is 14.2. The van der Waals surface area contributed by atoms with Crippen molar-refractivity contribution in [2.24, 2.45) is 0 Å². The van der Waals surface area contributed by atoms with E-state index in [-0.39, 0.29) is 6.10 Å². The summed E-state index contributed by atoms with van der Waals surface area (Å²) < 4.78 is 7.57. The summed E-state index contributed by atoms with van der Waals surface area (Å²) in [6.45, 7) is 6.43. The molecule has 1 aliphatic heterocycles. The fraction of sp³-hybridized carbons (Fsp3) is 0.444. The van der Waals surface area contributed by atoms with Crippen LogP contribution in [-0.2, 0) is 11.3 Å². The summed E-state index contributed by atoms with van der Waals surface area (Å²) >= 11 is 5.37. The fourth-order valence-electron chi connectivity index (χ4n) is 2.99. The number of nitrogens with one attached hydrogen (secondary N) is 2. The highest BCUT2D eigenvalue weighted by atomic mass is 32.1. The number of rotatable bonds is 5. The Morgan fingerprint density at radius 3 is 2.79 bits per heavy atom. The Labute approximate surface area is 148 Å². The van der Waals surface area contributed by atoms with Crippen LogP contribution in [0.1, 0.15) is 29.8 Å². The number of para-hydroxylation sites is 1. The molecule has 1 fully saturated rings. The first-order valence-electron chi connectivity index (χ1n) is 8.39. The molecule has 2 heterocycles. The number of nitrogens with zero attached hydrogens (tertiary/aromatic N) is 2. The molecule has 0 amide bonds. The lowest BCUT2D eigenvalue weighted by atomic mass is 10.2. The van der Waals surface area contributed by atoms with Crippen molar-refractivity contribution in [3.8, 4) is 5.69 Å². The van der Waals surface area contributed by atoms with E-state index >= 15 is 0 Å². The molecule has 0 bridgehead atoms. The van der Waals surface area contributed by atoms with Crippen LogP contribution in [0.5, 0.6) is 0 Å². The van der Waals surface area contributed by atoms with Crippen LogP contribution in [0.4, 0.5) is 0 Å². The SMILES string of the molecule is Cc1nn(-c2ccccc2)c(C)c1CNC(=S)NC[C@H]1CCCO1. The molecule has 2 aromatic rings. The van der Waals surface area contributed by atoms with Crippen molar-refractivity contribution in [3.63, 3.8) is 0 Å². The summed E-state index contributed by atoms with van der Waals surface area (Å²) in [4.78, 5) is 0. The highest BCUT2D eigenvalue weighted by Crippen LogP contribution is 2.17. The van der Waals surface area contributed by atoms with Crippen molar-refractivity contribution in [1.29, 1.82) is 0 Å². The minimum atomic E-state index is 0.286. The molecule has 6 heteroatoms. The second kappa shape index (κ2) is 7.77. The van der Waals surface area contributed by atoms with Gasteiger partial charge in [-0.1, -0.05) is 18.2 Å². The molecular formula is C18H24N4OS. The van der Waals surface area contributed by atoms with Crippen molar-refractivity contribution in [2.45, 2.75) is 39.3 Å². The van der Waals surface area contributed by atoms with Crippen LogP contribution >= 0.6 is 12.2 Å². The molecule has 5 nitrogen and oxygen atoms in total. The number of hydrogen-bond acceptors (Lipinski definition) is 3. The topological polar surface area (TPSA) is 51.1 Å². The van der Waals surface area contributed by atoms with Crippen molar-refractivity contribution >= 4 is 17.3 Å². The molecule has 2 N–H and O–H groups in total. The van der Waals surface area contributed by atoms with Gasteiger partial charge < -0.3 is 15.4 Å². The normalized spacial score (nSPS) is 17.0. The minimum absolute atomic E-state index is 0.286. The standard InChI is InChI=1S/C18H24N4OS/c1-13-17(12-20-18(24)19-11-16-9-6-10-23-16)14(2)22(21-13)15-7-4-3-5-8-15/h3-5,7-8,16H,6,9-12H2,1-2H3,(H2,19,20,24)/t16-/m1/s1. The number of hydrogen-bond donors (Lipinski definition) is 2. The summed E-state index contributed by atoms with van der Waals surface area (Å²) in [5, 5.41) is 11.8. The predicted octanol–water partition coefficient (Wildman–Crippen LogP) is 2.63. The average molecular weight is 344 g/mol. The predicted molar refractivity (Wildman–Crippen MR) is 99.5 cm³/mol. The van der Waals surface area contributed by atoms with Gasteiger partial charge in [0.25, 0.3) is 0 Å². The third kappa shape index (κ3) is 3.94. The zero-order chi connectivity index (χ0) is 16.9. The molecule has 3 rings (SSSR count). The van der Waals surface area contributed by atoms with Gasteiger partial charge in [0.05, 0.1) is 17.5 Å². The second-order valence-corrected chi connectivity index (χ2v) is 6.50. The largest absolute Gasteiger partial charge is 0.376 e. The van der Waals surface area contributed by atoms with E-state index in [2.05, 4.69) is 34.8 Å². The highest BCUT2D eigenvalue weighted by molar-refractivity contribution is 7.80. The quantitative estimate of drug-likeness (QED) is 0.817. The molecule has 0 radical (unpaired) electrons. The molecular weight excluding hydrogens is 320 g/mol. The summed E-state index contributed by atoms with van der Waals surface area (Å²) in [6, 6.07) is 10.2. The van der Waals surface area contributed by atoms with Gasteiger partial charge in [-0.2, -0.15) is 5.10 Å². The van der Waals surface area contributed by atoms with Crippen molar-refractivity contribution in [1.82, 2.24) is 20.4 Å². The van der Waals surface area contributed by atoms with Crippen LogP contribution in [0.25, 0.3) is 5.69 Å². The number of aryl methyl sites for hydroxylation is 1. The number of benzene rings is 1. The maximum atomic E-state index is 5.59. The number of thiocarbonyl (C=S) groups is 1. The van der Waals surface area contributed by atoms with E-state index in [1.165, 1.54) is 5.56 Å². The van der Waals surface area contributed by atoms with E-state index in [9.17, 15) is 0 Å². The summed E-state index contributed by atoms with van der Waals surface area (Å²) in [5.41, 5.74) is 4.41. The first kappa shape index (κ1) is 16.9. The van der Waals surface area contributed by atoms with Gasteiger partial charge in [0.1, 0.15) is 0 Å². The Bertz CT molecular complexity index is 693. The molecule has 128 valence electrons. The highest BCUT2D eigenvalue weighted by Gasteiger charge is 2.16. The maximum Gasteiger partial charge on any atom is 0.166 e. The molecule has 0 saturated carbocycles. The summed E-state index contributed by atoms with van der Waals surface area (Å²) in [6.07, 6.45) is 2.54. The Balaban J connectivity index is 1.59. The van der Waals surface area contributed by atoms with Gasteiger partial charge >= 0.3 is 0 Å². The molecule has 1 atom stereocenters. The van der Waals surface area contributed by atoms with Crippen LogP contribution in [-0.4, -0.2) is 34.1 Å².